The normalized spacial score (nSPS) is 10.5. The standard InChI is InChI=1S/C27H24O3/c1-19-10-4-7-13-25(19)28-22-16-23(29-26-14-8-5-11-20(26)2)18-24(17-22)30-27-15-9-6-12-21(27)3/h4-18H,1-3H3. The summed E-state index contributed by atoms with van der Waals surface area (Å²) in [7, 11) is 0. The molecule has 0 bridgehead atoms. The molecule has 3 nitrogen and oxygen atoms in total. The maximum Gasteiger partial charge on any atom is 0.134 e. The molecule has 3 heteroatoms. The highest BCUT2D eigenvalue weighted by molar-refractivity contribution is 5.49. The Bertz CT molecular complexity index is 1010. The van der Waals surface area contributed by atoms with Gasteiger partial charge in [0.2, 0.25) is 0 Å². The molecule has 0 aliphatic carbocycles. The van der Waals surface area contributed by atoms with E-state index in [0.717, 1.165) is 33.9 Å². The van der Waals surface area contributed by atoms with Gasteiger partial charge in [0.1, 0.15) is 34.5 Å². The number of aryl methyl sites for hydroxylation is 3. The zero-order valence-corrected chi connectivity index (χ0v) is 17.4. The fourth-order valence-electron chi connectivity index (χ4n) is 3.12. The summed E-state index contributed by atoms with van der Waals surface area (Å²) in [6, 6.07) is 29.4. The van der Waals surface area contributed by atoms with Crippen LogP contribution in [-0.4, -0.2) is 0 Å². The van der Waals surface area contributed by atoms with Gasteiger partial charge in [0.15, 0.2) is 0 Å². The summed E-state index contributed by atoms with van der Waals surface area (Å²) in [6.07, 6.45) is 0. The minimum atomic E-state index is 0.652. The molecule has 0 aromatic heterocycles. The van der Waals surface area contributed by atoms with Crippen molar-refractivity contribution in [2.75, 3.05) is 0 Å². The first kappa shape index (κ1) is 19.6. The van der Waals surface area contributed by atoms with E-state index in [-0.39, 0.29) is 0 Å². The molecule has 0 spiro atoms. The molecular weight excluding hydrogens is 372 g/mol. The van der Waals surface area contributed by atoms with Gasteiger partial charge >= 0.3 is 0 Å². The van der Waals surface area contributed by atoms with E-state index >= 15 is 0 Å². The lowest BCUT2D eigenvalue weighted by Crippen LogP contribution is -1.93. The van der Waals surface area contributed by atoms with Crippen molar-refractivity contribution in [1.82, 2.24) is 0 Å². The van der Waals surface area contributed by atoms with E-state index in [2.05, 4.69) is 0 Å². The number of benzene rings is 4. The maximum atomic E-state index is 6.17. The second-order valence-corrected chi connectivity index (χ2v) is 7.24. The van der Waals surface area contributed by atoms with Crippen molar-refractivity contribution in [3.05, 3.63) is 108 Å². The Kier molecular flexibility index (Phi) is 5.71. The summed E-state index contributed by atoms with van der Waals surface area (Å²) in [6.45, 7) is 6.06. The van der Waals surface area contributed by atoms with Gasteiger partial charge in [-0.25, -0.2) is 0 Å². The van der Waals surface area contributed by atoms with Crippen LogP contribution >= 0.6 is 0 Å². The van der Waals surface area contributed by atoms with Crippen LogP contribution in [0.1, 0.15) is 16.7 Å². The molecule has 0 radical (unpaired) electrons. The minimum absolute atomic E-state index is 0.652. The Morgan fingerprint density at radius 3 is 0.933 bits per heavy atom. The van der Waals surface area contributed by atoms with Crippen molar-refractivity contribution < 1.29 is 14.2 Å². The first-order valence-corrected chi connectivity index (χ1v) is 9.94. The molecule has 0 saturated carbocycles. The van der Waals surface area contributed by atoms with Crippen molar-refractivity contribution >= 4 is 0 Å². The van der Waals surface area contributed by atoms with Gasteiger partial charge in [0, 0.05) is 18.2 Å². The topological polar surface area (TPSA) is 27.7 Å². The molecule has 4 aromatic rings. The van der Waals surface area contributed by atoms with E-state index in [1.807, 2.05) is 112 Å². The highest BCUT2D eigenvalue weighted by Gasteiger charge is 2.10. The van der Waals surface area contributed by atoms with Crippen molar-refractivity contribution in [2.45, 2.75) is 20.8 Å². The maximum absolute atomic E-state index is 6.17. The number of rotatable bonds is 6. The molecule has 0 amide bonds. The molecule has 150 valence electrons. The summed E-state index contributed by atoms with van der Waals surface area (Å²) in [5.74, 6) is 4.35. The molecule has 4 aromatic carbocycles. The molecule has 0 N–H and O–H groups in total. The van der Waals surface area contributed by atoms with E-state index in [4.69, 9.17) is 14.2 Å². The Labute approximate surface area is 177 Å². The van der Waals surface area contributed by atoms with Gasteiger partial charge in [-0.2, -0.15) is 0 Å². The lowest BCUT2D eigenvalue weighted by Gasteiger charge is -2.15. The molecular formula is C27H24O3. The first-order chi connectivity index (χ1) is 14.6. The van der Waals surface area contributed by atoms with Crippen LogP contribution in [0.4, 0.5) is 0 Å². The Morgan fingerprint density at radius 1 is 0.400 bits per heavy atom. The quantitative estimate of drug-likeness (QED) is 0.330. The fourth-order valence-corrected chi connectivity index (χ4v) is 3.12. The molecule has 0 unspecified atom stereocenters. The number of hydrogen-bond acceptors (Lipinski definition) is 3. The highest BCUT2D eigenvalue weighted by atomic mass is 16.5. The van der Waals surface area contributed by atoms with Crippen LogP contribution < -0.4 is 14.2 Å². The molecule has 0 fully saturated rings. The molecule has 0 saturated heterocycles. The fraction of sp³-hybridized carbons (Fsp3) is 0.111. The summed E-state index contributed by atoms with van der Waals surface area (Å²) in [5.41, 5.74) is 3.18. The van der Waals surface area contributed by atoms with Gasteiger partial charge in [-0.15, -0.1) is 0 Å². The third kappa shape index (κ3) is 4.64. The van der Waals surface area contributed by atoms with Crippen molar-refractivity contribution in [3.8, 4) is 34.5 Å². The number of para-hydroxylation sites is 3. The summed E-state index contributed by atoms with van der Waals surface area (Å²) in [5, 5.41) is 0. The summed E-state index contributed by atoms with van der Waals surface area (Å²) in [4.78, 5) is 0. The Balaban J connectivity index is 1.70. The van der Waals surface area contributed by atoms with Gasteiger partial charge in [-0.1, -0.05) is 54.6 Å². The van der Waals surface area contributed by atoms with E-state index < -0.39 is 0 Å². The van der Waals surface area contributed by atoms with Crippen molar-refractivity contribution in [1.29, 1.82) is 0 Å². The first-order valence-electron chi connectivity index (χ1n) is 9.94. The predicted molar refractivity (Wildman–Crippen MR) is 120 cm³/mol. The van der Waals surface area contributed by atoms with Crippen LogP contribution in [0.5, 0.6) is 34.5 Å². The zero-order chi connectivity index (χ0) is 20.9. The van der Waals surface area contributed by atoms with E-state index in [1.165, 1.54) is 0 Å². The summed E-state index contributed by atoms with van der Waals surface area (Å²) >= 11 is 0. The van der Waals surface area contributed by atoms with E-state index in [9.17, 15) is 0 Å². The van der Waals surface area contributed by atoms with Gasteiger partial charge in [0.25, 0.3) is 0 Å². The van der Waals surface area contributed by atoms with Crippen LogP contribution in [0.25, 0.3) is 0 Å². The van der Waals surface area contributed by atoms with Gasteiger partial charge < -0.3 is 14.2 Å². The van der Waals surface area contributed by atoms with Crippen molar-refractivity contribution in [3.63, 3.8) is 0 Å². The lowest BCUT2D eigenvalue weighted by molar-refractivity contribution is 0.436. The number of ether oxygens (including phenoxy) is 3. The van der Waals surface area contributed by atoms with Crippen molar-refractivity contribution in [2.24, 2.45) is 0 Å². The van der Waals surface area contributed by atoms with Gasteiger partial charge in [-0.05, 0) is 55.7 Å². The SMILES string of the molecule is Cc1ccccc1Oc1cc(Oc2ccccc2C)cc(Oc2ccccc2C)c1. The lowest BCUT2D eigenvalue weighted by atomic mass is 10.2. The molecule has 0 heterocycles. The minimum Gasteiger partial charge on any atom is -0.457 e. The van der Waals surface area contributed by atoms with Crippen LogP contribution in [0.15, 0.2) is 91.0 Å². The smallest absolute Gasteiger partial charge is 0.134 e. The molecule has 4 rings (SSSR count). The van der Waals surface area contributed by atoms with Crippen LogP contribution in [0.2, 0.25) is 0 Å². The molecule has 0 atom stereocenters. The predicted octanol–water partition coefficient (Wildman–Crippen LogP) is 7.99. The number of hydrogen-bond donors (Lipinski definition) is 0. The van der Waals surface area contributed by atoms with Crippen LogP contribution in [0.3, 0.4) is 0 Å². The van der Waals surface area contributed by atoms with E-state index in [0.29, 0.717) is 17.2 Å². The zero-order valence-electron chi connectivity index (χ0n) is 17.4. The van der Waals surface area contributed by atoms with Gasteiger partial charge in [-0.3, -0.25) is 0 Å². The third-order valence-electron chi connectivity index (χ3n) is 4.82. The van der Waals surface area contributed by atoms with Crippen LogP contribution in [-0.2, 0) is 0 Å². The molecule has 0 aliphatic heterocycles. The largest absolute Gasteiger partial charge is 0.457 e. The third-order valence-corrected chi connectivity index (χ3v) is 4.82. The van der Waals surface area contributed by atoms with Gasteiger partial charge in [0.05, 0.1) is 0 Å². The highest BCUT2D eigenvalue weighted by Crippen LogP contribution is 2.37. The van der Waals surface area contributed by atoms with E-state index in [1.54, 1.807) is 0 Å². The second-order valence-electron chi connectivity index (χ2n) is 7.24. The average molecular weight is 396 g/mol. The monoisotopic (exact) mass is 396 g/mol. The second kappa shape index (κ2) is 8.75. The average Bonchev–Trinajstić information content (AvgIpc) is 2.73. The molecule has 30 heavy (non-hydrogen) atoms. The summed E-state index contributed by atoms with van der Waals surface area (Å²) < 4.78 is 18.5. The van der Waals surface area contributed by atoms with Crippen LogP contribution in [0, 0.1) is 20.8 Å². The Morgan fingerprint density at radius 2 is 0.667 bits per heavy atom. The molecule has 0 aliphatic rings. The Hall–Kier alpha value is -3.72.